The lowest BCUT2D eigenvalue weighted by Gasteiger charge is -2.28. The van der Waals surface area contributed by atoms with Gasteiger partial charge in [-0.15, -0.1) is 0 Å². The van der Waals surface area contributed by atoms with Gasteiger partial charge in [-0.2, -0.15) is 26.4 Å². The molecule has 2 unspecified atom stereocenters. The van der Waals surface area contributed by atoms with Crippen molar-refractivity contribution in [3.63, 3.8) is 0 Å². The number of anilines is 6. The minimum Gasteiger partial charge on any atom is -0.442 e. The smallest absolute Gasteiger partial charge is 0.231 e. The van der Waals surface area contributed by atoms with Crippen molar-refractivity contribution in [3.05, 3.63) is 53.7 Å². The summed E-state index contributed by atoms with van der Waals surface area (Å²) in [6.07, 6.45) is 0.364. The summed E-state index contributed by atoms with van der Waals surface area (Å²) in [6, 6.07) is 11.3. The summed E-state index contributed by atoms with van der Waals surface area (Å²) in [7, 11) is 0.178. The largest absolute Gasteiger partial charge is 0.442 e. The number of halogens is 1. The Morgan fingerprint density at radius 2 is 2.00 bits per heavy atom. The van der Waals surface area contributed by atoms with E-state index in [1.807, 2.05) is 30.3 Å². The molecular formula is C25H30FN8O2S-. The number of morpholine rings is 1. The zero-order chi connectivity index (χ0) is 25.9. The number of hydrogen-bond acceptors (Lipinski definition) is 10. The van der Waals surface area contributed by atoms with Crippen molar-refractivity contribution in [2.75, 3.05) is 58.5 Å². The third-order valence-electron chi connectivity index (χ3n) is 6.44. The molecule has 2 aliphatic rings. The van der Waals surface area contributed by atoms with Gasteiger partial charge in [0.2, 0.25) is 5.95 Å². The molecule has 12 heteroatoms. The van der Waals surface area contributed by atoms with E-state index in [4.69, 9.17) is 4.74 Å². The molecule has 10 nitrogen and oxygen atoms in total. The van der Waals surface area contributed by atoms with Crippen LogP contribution in [0.15, 0.2) is 42.6 Å². The molecule has 196 valence electrons. The average molecular weight is 526 g/mol. The summed E-state index contributed by atoms with van der Waals surface area (Å²) in [5.41, 5.74) is 3.11. The highest BCUT2D eigenvalue weighted by Gasteiger charge is 2.34. The van der Waals surface area contributed by atoms with Crippen LogP contribution in [-0.2, 0) is 26.1 Å². The number of rotatable bonds is 8. The molecule has 0 radical (unpaired) electrons. The summed E-state index contributed by atoms with van der Waals surface area (Å²) in [4.78, 5) is 15.8. The van der Waals surface area contributed by atoms with Gasteiger partial charge >= 0.3 is 0 Å². The number of hydrogen-bond donors (Lipinski definition) is 3. The Labute approximate surface area is 217 Å². The molecule has 0 spiro atoms. The minimum atomic E-state index is -1.48. The van der Waals surface area contributed by atoms with Gasteiger partial charge < -0.3 is 34.1 Å². The van der Waals surface area contributed by atoms with Gasteiger partial charge in [-0.05, 0) is 44.3 Å². The standard InChI is InChI=1S/C25H30FN8O2S/c1-16-21(26)20-22(28-15-17-5-4-10-27-24(17)33(2)37(3)35)31-25(32-23(20)29-16)30-18-6-8-19(9-7-18)34-11-13-36-14-12-34/h4-10,16,21H,3,11-15H2,1-2H3,(H3,28,29,30,31,32)/q-1. The maximum absolute atomic E-state index is 15.1. The van der Waals surface area contributed by atoms with E-state index < -0.39 is 22.8 Å². The molecule has 5 rings (SSSR count). The van der Waals surface area contributed by atoms with Crippen LogP contribution in [0.25, 0.3) is 0 Å². The zero-order valence-electron chi connectivity index (χ0n) is 20.8. The van der Waals surface area contributed by atoms with Crippen molar-refractivity contribution < 1.29 is 13.3 Å². The fourth-order valence-corrected chi connectivity index (χ4v) is 4.76. The number of benzene rings is 1. The molecule has 3 aromatic rings. The third kappa shape index (κ3) is 5.39. The van der Waals surface area contributed by atoms with E-state index in [9.17, 15) is 4.21 Å². The average Bonchev–Trinajstić information content (AvgIpc) is 3.20. The van der Waals surface area contributed by atoms with Gasteiger partial charge in [0.25, 0.3) is 0 Å². The molecule has 3 N–H and O–H groups in total. The summed E-state index contributed by atoms with van der Waals surface area (Å²) in [5.74, 6) is 5.27. The van der Waals surface area contributed by atoms with Gasteiger partial charge in [-0.25, -0.2) is 9.37 Å². The normalized spacial score (nSPS) is 18.9. The predicted octanol–water partition coefficient (Wildman–Crippen LogP) is 3.64. The Morgan fingerprint density at radius 1 is 1.24 bits per heavy atom. The van der Waals surface area contributed by atoms with Crippen molar-refractivity contribution in [3.8, 4) is 0 Å². The summed E-state index contributed by atoms with van der Waals surface area (Å²) < 4.78 is 33.9. The minimum absolute atomic E-state index is 0.295. The SMILES string of the molecule is C=[S-](=O)N(C)c1ncccc1CNc1nc(Nc2ccc(N3CCOCC3)cc2)nc2c1C(F)C(C)N2. The molecule has 2 atom stereocenters. The molecule has 0 amide bonds. The van der Waals surface area contributed by atoms with Crippen LogP contribution in [-0.4, -0.2) is 60.2 Å². The van der Waals surface area contributed by atoms with E-state index >= 15 is 4.39 Å². The van der Waals surface area contributed by atoms with Gasteiger partial charge in [-0.1, -0.05) is 6.07 Å². The topological polar surface area (TPSA) is 108 Å². The van der Waals surface area contributed by atoms with E-state index in [1.54, 1.807) is 26.2 Å². The predicted molar refractivity (Wildman–Crippen MR) is 147 cm³/mol. The maximum atomic E-state index is 15.1. The van der Waals surface area contributed by atoms with E-state index in [2.05, 4.69) is 41.7 Å². The zero-order valence-corrected chi connectivity index (χ0v) is 21.6. The van der Waals surface area contributed by atoms with Crippen LogP contribution in [0.2, 0.25) is 0 Å². The van der Waals surface area contributed by atoms with Gasteiger partial charge in [0.1, 0.15) is 17.5 Å². The van der Waals surface area contributed by atoms with Crippen molar-refractivity contribution in [2.45, 2.75) is 25.7 Å². The molecule has 4 heterocycles. The first kappa shape index (κ1) is 25.0. The summed E-state index contributed by atoms with van der Waals surface area (Å²) in [6.45, 7) is 5.24. The molecule has 1 aromatic carbocycles. The number of alkyl halides is 1. The second-order valence-corrected chi connectivity index (χ2v) is 10.1. The molecule has 2 aliphatic heterocycles. The van der Waals surface area contributed by atoms with E-state index in [1.165, 1.54) is 4.31 Å². The maximum Gasteiger partial charge on any atom is 0.231 e. The highest BCUT2D eigenvalue weighted by molar-refractivity contribution is 7.83. The molecule has 2 aromatic heterocycles. The highest BCUT2D eigenvalue weighted by atomic mass is 32.2. The summed E-state index contributed by atoms with van der Waals surface area (Å²) >= 11 is 0. The van der Waals surface area contributed by atoms with E-state index in [0.29, 0.717) is 35.5 Å². The Kier molecular flexibility index (Phi) is 7.28. The Balaban J connectivity index is 1.38. The first-order valence-electron chi connectivity index (χ1n) is 12.1. The molecule has 0 aliphatic carbocycles. The van der Waals surface area contributed by atoms with Crippen LogP contribution in [0, 0.1) is 0 Å². The van der Waals surface area contributed by atoms with Crippen molar-refractivity contribution in [1.29, 1.82) is 0 Å². The lowest BCUT2D eigenvalue weighted by molar-refractivity contribution is 0.122. The molecule has 0 saturated carbocycles. The quantitative estimate of drug-likeness (QED) is 0.300. The number of nitrogens with zero attached hydrogens (tertiary/aromatic N) is 5. The van der Waals surface area contributed by atoms with Gasteiger partial charge in [-0.3, -0.25) is 0 Å². The van der Waals surface area contributed by atoms with Gasteiger partial charge in [0.15, 0.2) is 6.17 Å². The van der Waals surface area contributed by atoms with Crippen LogP contribution in [0.1, 0.15) is 24.2 Å². The Morgan fingerprint density at radius 3 is 2.73 bits per heavy atom. The number of fused-ring (bicyclic) bond motifs is 1. The van der Waals surface area contributed by atoms with Crippen LogP contribution in [0.4, 0.5) is 39.2 Å². The highest BCUT2D eigenvalue weighted by Crippen LogP contribution is 2.41. The van der Waals surface area contributed by atoms with E-state index in [-0.39, 0.29) is 0 Å². The van der Waals surface area contributed by atoms with Crippen molar-refractivity contribution >= 4 is 51.2 Å². The lowest BCUT2D eigenvalue weighted by atomic mass is 10.1. The van der Waals surface area contributed by atoms with Crippen LogP contribution >= 0.6 is 0 Å². The first-order chi connectivity index (χ1) is 17.9. The first-order valence-corrected chi connectivity index (χ1v) is 13.3. The van der Waals surface area contributed by atoms with Crippen LogP contribution < -0.4 is 25.2 Å². The fraction of sp³-hybridized carbons (Fsp3) is 0.360. The second-order valence-electron chi connectivity index (χ2n) is 8.92. The molecule has 1 saturated heterocycles. The fourth-order valence-electron chi connectivity index (χ4n) is 4.40. The van der Waals surface area contributed by atoms with Crippen LogP contribution in [0.3, 0.4) is 0 Å². The van der Waals surface area contributed by atoms with Crippen LogP contribution in [0.5, 0.6) is 0 Å². The second kappa shape index (κ2) is 10.8. The molecule has 37 heavy (non-hydrogen) atoms. The Hall–Kier alpha value is -3.64. The third-order valence-corrected chi connectivity index (χ3v) is 7.23. The number of nitrogens with one attached hydrogen (secondary N) is 3. The van der Waals surface area contributed by atoms with Gasteiger partial charge in [0, 0.05) is 42.8 Å². The monoisotopic (exact) mass is 525 g/mol. The Bertz CT molecular complexity index is 1320. The van der Waals surface area contributed by atoms with Gasteiger partial charge in [0.05, 0.1) is 24.8 Å². The number of ether oxygens (including phenoxy) is 1. The van der Waals surface area contributed by atoms with Crippen molar-refractivity contribution in [2.24, 2.45) is 0 Å². The van der Waals surface area contributed by atoms with Crippen molar-refractivity contribution in [1.82, 2.24) is 15.0 Å². The molecule has 1 fully saturated rings. The number of aromatic nitrogens is 3. The lowest BCUT2D eigenvalue weighted by Crippen LogP contribution is -2.36. The number of pyridine rings is 1. The van der Waals surface area contributed by atoms with E-state index in [0.717, 1.165) is 43.2 Å². The molecular weight excluding hydrogens is 495 g/mol. The molecule has 0 bridgehead atoms. The summed E-state index contributed by atoms with van der Waals surface area (Å²) in [5, 5.41) is 9.60.